The predicted octanol–water partition coefficient (Wildman–Crippen LogP) is 5.48. The average Bonchev–Trinajstić information content (AvgIpc) is 3.82. The highest BCUT2D eigenvalue weighted by Crippen LogP contribution is 2.57. The van der Waals surface area contributed by atoms with E-state index < -0.39 is 54.9 Å². The number of ether oxygens (including phenoxy) is 8. The lowest BCUT2D eigenvalue weighted by Gasteiger charge is -2.47. The number of aliphatic hydroxyl groups excluding tert-OH is 1. The first kappa shape index (κ1) is 46.3. The van der Waals surface area contributed by atoms with Crippen LogP contribution in [-0.2, 0) is 47.5 Å². The first-order valence-corrected chi connectivity index (χ1v) is 22.8. The first-order chi connectivity index (χ1) is 29.3. The number of fused-ring (bicyclic) bond motifs is 5. The van der Waals surface area contributed by atoms with Crippen LogP contribution in [0.4, 0.5) is 5.69 Å². The highest BCUT2D eigenvalue weighted by molar-refractivity contribution is 5.99. The molecule has 6 aliphatic rings. The monoisotopic (exact) mass is 857 g/mol. The highest BCUT2D eigenvalue weighted by Gasteiger charge is 2.60. The molecule has 3 heterocycles. The molecule has 0 spiro atoms. The summed E-state index contributed by atoms with van der Waals surface area (Å²) in [5.41, 5.74) is 1.33. The number of phenolic OH excluding ortho intramolecular Hbond substituents is 1. The summed E-state index contributed by atoms with van der Waals surface area (Å²) in [7, 11) is 9.01. The Kier molecular flexibility index (Phi) is 15.2. The van der Waals surface area contributed by atoms with Crippen molar-refractivity contribution in [2.75, 3.05) is 40.7 Å². The van der Waals surface area contributed by atoms with Gasteiger partial charge < -0.3 is 58.3 Å². The molecule has 3 aliphatic carbocycles. The Bertz CT molecular complexity index is 1660. The molecular weight excluding hydrogens is 785 g/mol. The van der Waals surface area contributed by atoms with Gasteiger partial charge in [0.15, 0.2) is 18.4 Å². The van der Waals surface area contributed by atoms with Crippen molar-refractivity contribution in [3.63, 3.8) is 0 Å². The van der Waals surface area contributed by atoms with Crippen molar-refractivity contribution in [1.82, 2.24) is 4.90 Å². The average molecular weight is 857 g/mol. The van der Waals surface area contributed by atoms with E-state index in [-0.39, 0.29) is 84.2 Å². The van der Waals surface area contributed by atoms with Crippen LogP contribution >= 0.6 is 0 Å². The summed E-state index contributed by atoms with van der Waals surface area (Å²) < 4.78 is 50.0. The van der Waals surface area contributed by atoms with E-state index in [0.717, 1.165) is 24.9 Å². The number of anilines is 1. The Morgan fingerprint density at radius 1 is 0.852 bits per heavy atom. The molecule has 61 heavy (non-hydrogen) atoms. The second-order valence-corrected chi connectivity index (χ2v) is 18.8. The van der Waals surface area contributed by atoms with E-state index in [9.17, 15) is 15.0 Å². The number of aromatic hydroxyl groups is 1. The number of ketones is 1. The lowest BCUT2D eigenvalue weighted by atomic mass is 9.62. The van der Waals surface area contributed by atoms with Gasteiger partial charge in [0.05, 0.1) is 43.0 Å². The molecule has 3 aliphatic heterocycles. The van der Waals surface area contributed by atoms with E-state index in [0.29, 0.717) is 37.7 Å². The van der Waals surface area contributed by atoms with Gasteiger partial charge in [0.1, 0.15) is 30.2 Å². The molecule has 0 amide bonds. The molecule has 14 nitrogen and oxygen atoms in total. The van der Waals surface area contributed by atoms with Gasteiger partial charge in [-0.3, -0.25) is 9.59 Å². The van der Waals surface area contributed by atoms with Crippen LogP contribution in [0.15, 0.2) is 35.9 Å². The van der Waals surface area contributed by atoms with Gasteiger partial charge in [-0.15, -0.1) is 0 Å². The molecule has 342 valence electrons. The topological polar surface area (TPSA) is 164 Å². The number of hydrogen-bond donors (Lipinski definition) is 3. The normalized spacial score (nSPS) is 43.3. The van der Waals surface area contributed by atoms with Crippen LogP contribution < -0.4 is 5.32 Å². The lowest BCUT2D eigenvalue weighted by molar-refractivity contribution is -0.314. The van der Waals surface area contributed by atoms with E-state index >= 15 is 4.79 Å². The van der Waals surface area contributed by atoms with Crippen LogP contribution in [0.2, 0.25) is 0 Å². The van der Waals surface area contributed by atoms with Crippen molar-refractivity contribution in [3.05, 3.63) is 35.9 Å². The predicted molar refractivity (Wildman–Crippen MR) is 227 cm³/mol. The summed E-state index contributed by atoms with van der Waals surface area (Å²) in [6.07, 6.45) is 3.09. The number of carbonyl (C=O) groups excluding carboxylic acids is 2. The van der Waals surface area contributed by atoms with Crippen molar-refractivity contribution >= 4 is 17.4 Å². The van der Waals surface area contributed by atoms with Crippen molar-refractivity contribution in [2.45, 2.75) is 165 Å². The maximum Gasteiger partial charge on any atom is 0.306 e. The number of esters is 1. The first-order valence-electron chi connectivity index (χ1n) is 22.8. The molecule has 14 heteroatoms. The van der Waals surface area contributed by atoms with Crippen molar-refractivity contribution < 1.29 is 57.7 Å². The van der Waals surface area contributed by atoms with Crippen LogP contribution in [0.25, 0.3) is 0 Å². The van der Waals surface area contributed by atoms with Crippen molar-refractivity contribution in [2.24, 2.45) is 35.5 Å². The SMILES string of the molecule is CC[C@H]1CCC[C@H](O[C@H]2CC[C@H](N(C)C)C(C)O2)[C@@H](C)C(=O)C2=C[C@H]3[C@@H]4C[C@H](O[C@@H]5OC(C)[C@H](OC)C(OC)C5OC)C[C@H]4[C@@H](O)[C@H](Nc4ccc(O)cc4)[C@H]3[C@@H]2CC(=O)O1. The fraction of sp³-hybridized carbons (Fsp3) is 0.787. The van der Waals surface area contributed by atoms with Gasteiger partial charge >= 0.3 is 5.97 Å². The molecule has 3 N–H and O–H groups in total. The maximum atomic E-state index is 15.1. The third-order valence-corrected chi connectivity index (χ3v) is 15.1. The Labute approximate surface area is 362 Å². The fourth-order valence-electron chi connectivity index (χ4n) is 12.0. The third-order valence-electron chi connectivity index (χ3n) is 15.1. The summed E-state index contributed by atoms with van der Waals surface area (Å²) >= 11 is 0. The summed E-state index contributed by atoms with van der Waals surface area (Å²) in [6, 6.07) is 6.53. The number of cyclic esters (lactones) is 1. The Morgan fingerprint density at radius 3 is 2.21 bits per heavy atom. The number of carbonyl (C=O) groups is 2. The smallest absolute Gasteiger partial charge is 0.306 e. The number of nitrogens with zero attached hydrogens (tertiary/aromatic N) is 1. The highest BCUT2D eigenvalue weighted by atomic mass is 16.7. The molecule has 1 aromatic carbocycles. The number of likely N-dealkylation sites (N-methyl/N-ethyl adjacent to an activating group) is 1. The number of rotatable bonds is 11. The van der Waals surface area contributed by atoms with Crippen molar-refractivity contribution in [1.29, 1.82) is 0 Å². The Morgan fingerprint density at radius 2 is 1.56 bits per heavy atom. The van der Waals surface area contributed by atoms with Crippen LogP contribution in [0.5, 0.6) is 5.75 Å². The minimum atomic E-state index is -0.851. The van der Waals surface area contributed by atoms with E-state index in [1.54, 1.807) is 45.6 Å². The number of methoxy groups -OCH3 is 3. The van der Waals surface area contributed by atoms with Crippen LogP contribution in [0, 0.1) is 35.5 Å². The Hall–Kier alpha value is -2.66. The van der Waals surface area contributed by atoms with E-state index in [1.165, 1.54) is 0 Å². The quantitative estimate of drug-likeness (QED) is 0.190. The van der Waals surface area contributed by atoms with Gasteiger partial charge in [0, 0.05) is 44.9 Å². The zero-order valence-corrected chi connectivity index (χ0v) is 37.6. The number of nitrogens with one attached hydrogen (secondary N) is 1. The summed E-state index contributed by atoms with van der Waals surface area (Å²) in [5.74, 6) is -1.99. The lowest BCUT2D eigenvalue weighted by Crippen LogP contribution is -2.59. The number of aliphatic hydroxyl groups is 1. The number of hydrogen-bond acceptors (Lipinski definition) is 14. The molecule has 1 aromatic rings. The fourth-order valence-corrected chi connectivity index (χ4v) is 12.0. The molecule has 5 fully saturated rings. The molecule has 0 bridgehead atoms. The minimum Gasteiger partial charge on any atom is -0.508 e. The molecule has 4 unspecified atom stereocenters. The van der Waals surface area contributed by atoms with E-state index in [2.05, 4.69) is 37.3 Å². The van der Waals surface area contributed by atoms with Gasteiger partial charge in [-0.25, -0.2) is 0 Å². The summed E-state index contributed by atoms with van der Waals surface area (Å²) in [4.78, 5) is 31.3. The molecule has 7 rings (SSSR count). The van der Waals surface area contributed by atoms with E-state index in [4.69, 9.17) is 37.9 Å². The molecule has 0 aromatic heterocycles. The largest absolute Gasteiger partial charge is 0.508 e. The minimum absolute atomic E-state index is 0.0167. The van der Waals surface area contributed by atoms with Crippen LogP contribution in [0.1, 0.15) is 85.5 Å². The van der Waals surface area contributed by atoms with E-state index in [1.807, 2.05) is 20.8 Å². The van der Waals surface area contributed by atoms with Gasteiger partial charge in [0.25, 0.3) is 0 Å². The second-order valence-electron chi connectivity index (χ2n) is 18.8. The molecule has 0 radical (unpaired) electrons. The third kappa shape index (κ3) is 9.73. The van der Waals surface area contributed by atoms with Gasteiger partial charge in [-0.1, -0.05) is 19.9 Å². The summed E-state index contributed by atoms with van der Waals surface area (Å²) in [5, 5.41) is 26.3. The number of phenols is 1. The Balaban J connectivity index is 1.21. The summed E-state index contributed by atoms with van der Waals surface area (Å²) in [6.45, 7) is 8.01. The van der Waals surface area contributed by atoms with Crippen molar-refractivity contribution in [3.8, 4) is 5.75 Å². The number of allylic oxidation sites excluding steroid dienone is 2. The molecular formula is C47H72N2O12. The maximum absolute atomic E-state index is 15.1. The standard InChI is InChI=1S/C47H72N2O12/c1-10-29-12-11-13-37(61-39-19-18-36(49(5)6)25(3)57-39)24(2)42(52)35-22-32-31-20-30(60-47-46(56-9)45(55-8)44(54-7)26(4)58-47)21-34(31)43(53)41(40(32)33(35)23-38(51)59-29)48-27-14-16-28(50)17-15-27/h14-17,22,24-26,29-34,36-37,39-41,43-48,50,53H,10-13,18-21,23H2,1-9H3/t24-,25?,26?,29+,30+,31+,32+,33-,34-,36+,37+,39+,40-,41-,43-,44+,45?,46?,47+/m1/s1. The molecule has 3 saturated heterocycles. The number of Topliss-reactive ketones (excluding diaryl/α,β-unsaturated/α-hetero) is 1. The zero-order valence-electron chi connectivity index (χ0n) is 37.6. The van der Waals surface area contributed by atoms with Gasteiger partial charge in [0.2, 0.25) is 0 Å². The number of benzene rings is 1. The van der Waals surface area contributed by atoms with Gasteiger partial charge in [-0.05, 0) is 133 Å². The zero-order chi connectivity index (χ0) is 43.7. The van der Waals surface area contributed by atoms with Crippen LogP contribution in [0.3, 0.4) is 0 Å². The van der Waals surface area contributed by atoms with Gasteiger partial charge in [-0.2, -0.15) is 0 Å². The molecule has 19 atom stereocenters. The van der Waals surface area contributed by atoms with Crippen LogP contribution in [-0.4, -0.2) is 142 Å². The molecule has 2 saturated carbocycles. The second kappa shape index (κ2) is 20.0.